The van der Waals surface area contributed by atoms with Crippen LogP contribution in [0.5, 0.6) is 0 Å². The lowest BCUT2D eigenvalue weighted by molar-refractivity contribution is -0.0826. The van der Waals surface area contributed by atoms with E-state index in [2.05, 4.69) is 0 Å². The first-order chi connectivity index (χ1) is 9.34. The summed E-state index contributed by atoms with van der Waals surface area (Å²) in [5.41, 5.74) is 5.48. The standard InChI is InChI=1S/C15H28N2O3.ClH/c1-14(2,3)20-13(18)17-8-6-15(7-9-17)5-4-12(10-16)19-11-15;/h12H,4-11,16H2,1-3H3;1H. The van der Waals surface area contributed by atoms with Crippen molar-refractivity contribution in [3.63, 3.8) is 0 Å². The van der Waals surface area contributed by atoms with Gasteiger partial charge < -0.3 is 20.1 Å². The summed E-state index contributed by atoms with van der Waals surface area (Å²) < 4.78 is 11.3. The van der Waals surface area contributed by atoms with Gasteiger partial charge in [-0.1, -0.05) is 0 Å². The molecule has 0 aromatic heterocycles. The molecule has 1 atom stereocenters. The Hall–Kier alpha value is -0.520. The van der Waals surface area contributed by atoms with Crippen LogP contribution in [0.2, 0.25) is 0 Å². The molecule has 2 fully saturated rings. The van der Waals surface area contributed by atoms with Gasteiger partial charge in [-0.15, -0.1) is 12.4 Å². The van der Waals surface area contributed by atoms with Crippen LogP contribution in [0.4, 0.5) is 4.79 Å². The molecule has 2 heterocycles. The molecule has 1 amide bonds. The van der Waals surface area contributed by atoms with Crippen molar-refractivity contribution in [3.8, 4) is 0 Å². The normalized spacial score (nSPS) is 25.3. The number of halogens is 1. The predicted octanol–water partition coefficient (Wildman–Crippen LogP) is 2.56. The molecule has 2 aliphatic heterocycles. The molecule has 0 aromatic carbocycles. The first kappa shape index (κ1) is 18.5. The highest BCUT2D eigenvalue weighted by atomic mass is 35.5. The molecule has 0 aromatic rings. The molecular weight excluding hydrogens is 292 g/mol. The molecule has 0 radical (unpaired) electrons. The second-order valence-corrected chi connectivity index (χ2v) is 7.17. The highest BCUT2D eigenvalue weighted by molar-refractivity contribution is 5.85. The molecule has 5 nitrogen and oxygen atoms in total. The topological polar surface area (TPSA) is 64.8 Å². The minimum Gasteiger partial charge on any atom is -0.444 e. The highest BCUT2D eigenvalue weighted by Crippen LogP contribution is 2.40. The first-order valence-corrected chi connectivity index (χ1v) is 7.63. The van der Waals surface area contributed by atoms with Crippen molar-refractivity contribution in [1.82, 2.24) is 4.90 Å². The summed E-state index contributed by atoms with van der Waals surface area (Å²) in [6, 6.07) is 0. The second kappa shape index (κ2) is 7.16. The van der Waals surface area contributed by atoms with E-state index in [9.17, 15) is 4.79 Å². The summed E-state index contributed by atoms with van der Waals surface area (Å²) in [4.78, 5) is 13.9. The largest absolute Gasteiger partial charge is 0.444 e. The van der Waals surface area contributed by atoms with Gasteiger partial charge in [-0.05, 0) is 51.9 Å². The lowest BCUT2D eigenvalue weighted by Crippen LogP contribution is -2.49. The van der Waals surface area contributed by atoms with Gasteiger partial charge in [0.05, 0.1) is 12.7 Å². The Morgan fingerprint density at radius 2 is 1.95 bits per heavy atom. The quantitative estimate of drug-likeness (QED) is 0.806. The fourth-order valence-electron chi connectivity index (χ4n) is 2.99. The van der Waals surface area contributed by atoms with Crippen LogP contribution in [0.15, 0.2) is 0 Å². The lowest BCUT2D eigenvalue weighted by Gasteiger charge is -2.45. The summed E-state index contributed by atoms with van der Waals surface area (Å²) in [5, 5.41) is 0. The number of likely N-dealkylation sites (tertiary alicyclic amines) is 1. The molecule has 124 valence electrons. The van der Waals surface area contributed by atoms with Crippen LogP contribution in [-0.2, 0) is 9.47 Å². The van der Waals surface area contributed by atoms with Crippen molar-refractivity contribution in [2.24, 2.45) is 11.1 Å². The van der Waals surface area contributed by atoms with Crippen molar-refractivity contribution in [1.29, 1.82) is 0 Å². The number of carbonyl (C=O) groups excluding carboxylic acids is 1. The Morgan fingerprint density at radius 3 is 2.38 bits per heavy atom. The summed E-state index contributed by atoms with van der Waals surface area (Å²) >= 11 is 0. The number of ether oxygens (including phenoxy) is 2. The summed E-state index contributed by atoms with van der Waals surface area (Å²) in [7, 11) is 0. The molecule has 0 aliphatic carbocycles. The van der Waals surface area contributed by atoms with E-state index in [0.29, 0.717) is 6.54 Å². The van der Waals surface area contributed by atoms with Crippen LogP contribution in [0.1, 0.15) is 46.5 Å². The molecule has 2 aliphatic rings. The van der Waals surface area contributed by atoms with E-state index in [1.807, 2.05) is 25.7 Å². The number of nitrogens with two attached hydrogens (primary N) is 1. The van der Waals surface area contributed by atoms with Gasteiger partial charge in [0.2, 0.25) is 0 Å². The van der Waals surface area contributed by atoms with Crippen molar-refractivity contribution in [2.45, 2.75) is 58.2 Å². The molecular formula is C15H29ClN2O3. The highest BCUT2D eigenvalue weighted by Gasteiger charge is 2.40. The van der Waals surface area contributed by atoms with Crippen LogP contribution in [0.25, 0.3) is 0 Å². The van der Waals surface area contributed by atoms with Crippen LogP contribution < -0.4 is 5.73 Å². The molecule has 2 rings (SSSR count). The second-order valence-electron chi connectivity index (χ2n) is 7.17. The van der Waals surface area contributed by atoms with E-state index in [4.69, 9.17) is 15.2 Å². The zero-order valence-corrected chi connectivity index (χ0v) is 14.2. The van der Waals surface area contributed by atoms with Gasteiger partial charge in [-0.3, -0.25) is 0 Å². The number of hydrogen-bond donors (Lipinski definition) is 1. The molecule has 21 heavy (non-hydrogen) atoms. The van der Waals surface area contributed by atoms with E-state index in [-0.39, 0.29) is 30.0 Å². The zero-order valence-electron chi connectivity index (χ0n) is 13.4. The number of rotatable bonds is 1. The fraction of sp³-hybridized carbons (Fsp3) is 0.933. The van der Waals surface area contributed by atoms with E-state index < -0.39 is 5.60 Å². The maximum atomic E-state index is 12.0. The maximum Gasteiger partial charge on any atom is 0.410 e. The molecule has 2 N–H and O–H groups in total. The smallest absolute Gasteiger partial charge is 0.410 e. The van der Waals surface area contributed by atoms with Crippen LogP contribution >= 0.6 is 12.4 Å². The van der Waals surface area contributed by atoms with Gasteiger partial charge in [-0.2, -0.15) is 0 Å². The lowest BCUT2D eigenvalue weighted by atomic mass is 9.73. The Balaban J connectivity index is 0.00000220. The van der Waals surface area contributed by atoms with Gasteiger partial charge in [0, 0.05) is 19.6 Å². The van der Waals surface area contributed by atoms with Crippen molar-refractivity contribution >= 4 is 18.5 Å². The number of piperidine rings is 1. The molecule has 0 bridgehead atoms. The number of nitrogens with zero attached hydrogens (tertiary/aromatic N) is 1. The Labute approximate surface area is 133 Å². The van der Waals surface area contributed by atoms with Crippen LogP contribution in [-0.4, -0.2) is 48.9 Å². The monoisotopic (exact) mass is 320 g/mol. The number of hydrogen-bond acceptors (Lipinski definition) is 4. The summed E-state index contributed by atoms with van der Waals surface area (Å²) in [6.07, 6.45) is 4.25. The van der Waals surface area contributed by atoms with Crippen molar-refractivity contribution in [2.75, 3.05) is 26.2 Å². The SMILES string of the molecule is CC(C)(C)OC(=O)N1CCC2(CCC(CN)OC2)CC1.Cl. The Morgan fingerprint density at radius 1 is 1.33 bits per heavy atom. The molecule has 0 saturated carbocycles. The van der Waals surface area contributed by atoms with E-state index in [1.165, 1.54) is 0 Å². The van der Waals surface area contributed by atoms with Gasteiger partial charge in [-0.25, -0.2) is 4.79 Å². The summed E-state index contributed by atoms with van der Waals surface area (Å²) in [6.45, 7) is 8.64. The molecule has 1 spiro atoms. The van der Waals surface area contributed by atoms with Crippen LogP contribution in [0, 0.1) is 5.41 Å². The summed E-state index contributed by atoms with van der Waals surface area (Å²) in [5.74, 6) is 0. The zero-order chi connectivity index (χ0) is 14.8. The third-order valence-corrected chi connectivity index (χ3v) is 4.36. The molecule has 2 saturated heterocycles. The Bertz CT molecular complexity index is 339. The van der Waals surface area contributed by atoms with Gasteiger partial charge in [0.25, 0.3) is 0 Å². The maximum absolute atomic E-state index is 12.0. The predicted molar refractivity (Wildman–Crippen MR) is 84.8 cm³/mol. The van der Waals surface area contributed by atoms with Gasteiger partial charge in [0.15, 0.2) is 0 Å². The van der Waals surface area contributed by atoms with Crippen LogP contribution in [0.3, 0.4) is 0 Å². The minimum atomic E-state index is -0.422. The third-order valence-electron chi connectivity index (χ3n) is 4.36. The fourth-order valence-corrected chi connectivity index (χ4v) is 2.99. The molecule has 1 unspecified atom stereocenters. The average molecular weight is 321 g/mol. The van der Waals surface area contributed by atoms with E-state index in [1.54, 1.807) is 0 Å². The van der Waals surface area contributed by atoms with Gasteiger partial charge >= 0.3 is 6.09 Å². The van der Waals surface area contributed by atoms with Gasteiger partial charge in [0.1, 0.15) is 5.60 Å². The van der Waals surface area contributed by atoms with E-state index >= 15 is 0 Å². The Kier molecular flexibility index (Phi) is 6.32. The third kappa shape index (κ3) is 5.01. The van der Waals surface area contributed by atoms with Crippen molar-refractivity contribution in [3.05, 3.63) is 0 Å². The number of carbonyl (C=O) groups is 1. The number of amides is 1. The molecule has 6 heteroatoms. The minimum absolute atomic E-state index is 0. The van der Waals surface area contributed by atoms with E-state index in [0.717, 1.165) is 45.4 Å². The van der Waals surface area contributed by atoms with Crippen molar-refractivity contribution < 1.29 is 14.3 Å². The first-order valence-electron chi connectivity index (χ1n) is 7.63. The average Bonchev–Trinajstić information content (AvgIpc) is 2.38.